The van der Waals surface area contributed by atoms with Crippen molar-refractivity contribution in [2.75, 3.05) is 26.4 Å². The van der Waals surface area contributed by atoms with Crippen molar-refractivity contribution in [1.29, 1.82) is 0 Å². The Morgan fingerprint density at radius 3 is 1.59 bits per heavy atom. The Morgan fingerprint density at radius 1 is 0.818 bits per heavy atom. The first-order valence-corrected chi connectivity index (χ1v) is 7.62. The molecule has 2 unspecified atom stereocenters. The first-order chi connectivity index (χ1) is 10.6. The maximum Gasteiger partial charge on any atom is 0.127 e. The van der Waals surface area contributed by atoms with Crippen molar-refractivity contribution in [3.05, 3.63) is 36.4 Å². The normalized spacial score (nSPS) is 29.4. The second-order valence-corrected chi connectivity index (χ2v) is 6.66. The monoisotopic (exact) mass is 300 g/mol. The minimum Gasteiger partial charge on any atom is -0.490 e. The van der Waals surface area contributed by atoms with Crippen molar-refractivity contribution < 1.29 is 18.9 Å². The van der Waals surface area contributed by atoms with E-state index in [4.69, 9.17) is 18.9 Å². The molecule has 4 rings (SSSR count). The summed E-state index contributed by atoms with van der Waals surface area (Å²) in [5, 5.41) is 2.12. The third-order valence-corrected chi connectivity index (χ3v) is 4.18. The summed E-state index contributed by atoms with van der Waals surface area (Å²) in [6.45, 7) is 6.80. The van der Waals surface area contributed by atoms with Gasteiger partial charge in [0.15, 0.2) is 0 Å². The Bertz CT molecular complexity index is 640. The Kier molecular flexibility index (Phi) is 3.06. The summed E-state index contributed by atoms with van der Waals surface area (Å²) in [5.41, 5.74) is -0.234. The van der Waals surface area contributed by atoms with Gasteiger partial charge in [-0.25, -0.2) is 0 Å². The fourth-order valence-electron chi connectivity index (χ4n) is 2.38. The zero-order chi connectivity index (χ0) is 15.2. The molecule has 2 aliphatic heterocycles. The molecule has 4 nitrogen and oxygen atoms in total. The zero-order valence-electron chi connectivity index (χ0n) is 12.9. The number of hydrogen-bond donors (Lipinski definition) is 0. The van der Waals surface area contributed by atoms with Gasteiger partial charge >= 0.3 is 0 Å². The number of rotatable bonds is 6. The van der Waals surface area contributed by atoms with Gasteiger partial charge in [-0.2, -0.15) is 0 Å². The Hall–Kier alpha value is -1.78. The number of fused-ring (bicyclic) bond motifs is 1. The second-order valence-electron chi connectivity index (χ2n) is 6.66. The standard InChI is InChI=1S/C18H20O4/c1-17(11-21-17)9-19-15-7-3-6-14-13(15)5-4-8-16(14)20-10-18(2)12-22-18/h3-8H,9-12H2,1-2H3. The van der Waals surface area contributed by atoms with Crippen molar-refractivity contribution in [1.82, 2.24) is 0 Å². The van der Waals surface area contributed by atoms with E-state index in [0.717, 1.165) is 35.5 Å². The molecule has 22 heavy (non-hydrogen) atoms. The summed E-state index contributed by atoms with van der Waals surface area (Å²) in [4.78, 5) is 0. The second kappa shape index (κ2) is 4.86. The van der Waals surface area contributed by atoms with Crippen molar-refractivity contribution in [2.24, 2.45) is 0 Å². The van der Waals surface area contributed by atoms with E-state index in [1.54, 1.807) is 0 Å². The third kappa shape index (κ3) is 2.76. The third-order valence-electron chi connectivity index (χ3n) is 4.18. The van der Waals surface area contributed by atoms with Crippen molar-refractivity contribution in [3.63, 3.8) is 0 Å². The molecular weight excluding hydrogens is 280 g/mol. The van der Waals surface area contributed by atoms with Crippen molar-refractivity contribution >= 4 is 10.8 Å². The van der Waals surface area contributed by atoms with Crippen LogP contribution in [0.5, 0.6) is 11.5 Å². The molecule has 2 saturated heterocycles. The van der Waals surface area contributed by atoms with Gasteiger partial charge in [0.25, 0.3) is 0 Å². The van der Waals surface area contributed by atoms with E-state index in [-0.39, 0.29) is 11.2 Å². The smallest absolute Gasteiger partial charge is 0.127 e. The highest BCUT2D eigenvalue weighted by Crippen LogP contribution is 2.35. The van der Waals surface area contributed by atoms with Gasteiger partial charge in [0.1, 0.15) is 35.9 Å². The van der Waals surface area contributed by atoms with E-state index < -0.39 is 0 Å². The molecule has 2 aliphatic rings. The lowest BCUT2D eigenvalue weighted by molar-refractivity contribution is 0.203. The van der Waals surface area contributed by atoms with Crippen LogP contribution < -0.4 is 9.47 Å². The van der Waals surface area contributed by atoms with Crippen LogP contribution >= 0.6 is 0 Å². The molecule has 0 aromatic heterocycles. The summed E-state index contributed by atoms with van der Waals surface area (Å²) >= 11 is 0. The molecule has 2 heterocycles. The summed E-state index contributed by atoms with van der Waals surface area (Å²) in [5.74, 6) is 1.74. The van der Waals surface area contributed by atoms with Gasteiger partial charge in [-0.1, -0.05) is 24.3 Å². The summed E-state index contributed by atoms with van der Waals surface area (Å²) in [7, 11) is 0. The molecule has 2 fully saturated rings. The molecule has 0 spiro atoms. The quantitative estimate of drug-likeness (QED) is 0.769. The summed E-state index contributed by atoms with van der Waals surface area (Å²) in [6, 6.07) is 12.1. The molecule has 2 aromatic rings. The van der Waals surface area contributed by atoms with E-state index in [0.29, 0.717) is 13.2 Å². The lowest BCUT2D eigenvalue weighted by Gasteiger charge is -2.14. The molecule has 0 aliphatic carbocycles. The van der Waals surface area contributed by atoms with Crippen LogP contribution in [0.15, 0.2) is 36.4 Å². The molecule has 2 aromatic carbocycles. The zero-order valence-corrected chi connectivity index (χ0v) is 12.9. The summed E-state index contributed by atoms with van der Waals surface area (Å²) in [6.07, 6.45) is 0. The van der Waals surface area contributed by atoms with Gasteiger partial charge in [0.05, 0.1) is 13.2 Å². The lowest BCUT2D eigenvalue weighted by atomic mass is 10.1. The van der Waals surface area contributed by atoms with E-state index >= 15 is 0 Å². The molecule has 0 radical (unpaired) electrons. The molecule has 0 N–H and O–H groups in total. The van der Waals surface area contributed by atoms with E-state index in [1.165, 1.54) is 0 Å². The first kappa shape index (κ1) is 13.9. The van der Waals surface area contributed by atoms with Crippen LogP contribution in [0.3, 0.4) is 0 Å². The van der Waals surface area contributed by atoms with E-state index in [9.17, 15) is 0 Å². The summed E-state index contributed by atoms with van der Waals surface area (Å²) < 4.78 is 22.7. The fraction of sp³-hybridized carbons (Fsp3) is 0.444. The van der Waals surface area contributed by atoms with Crippen molar-refractivity contribution in [3.8, 4) is 11.5 Å². The highest BCUT2D eigenvalue weighted by Gasteiger charge is 2.41. The largest absolute Gasteiger partial charge is 0.490 e. The Balaban J connectivity index is 1.58. The van der Waals surface area contributed by atoms with E-state index in [2.05, 4.69) is 26.0 Å². The van der Waals surface area contributed by atoms with E-state index in [1.807, 2.05) is 24.3 Å². The van der Waals surface area contributed by atoms with Crippen LogP contribution in [-0.4, -0.2) is 37.6 Å². The highest BCUT2D eigenvalue weighted by molar-refractivity contribution is 5.93. The first-order valence-electron chi connectivity index (χ1n) is 7.62. The molecule has 2 atom stereocenters. The Labute approximate surface area is 129 Å². The Morgan fingerprint density at radius 2 is 1.23 bits per heavy atom. The number of ether oxygens (including phenoxy) is 4. The maximum atomic E-state index is 5.95. The van der Waals surface area contributed by atoms with Crippen molar-refractivity contribution in [2.45, 2.75) is 25.0 Å². The van der Waals surface area contributed by atoms with Gasteiger partial charge in [-0.3, -0.25) is 0 Å². The predicted molar refractivity (Wildman–Crippen MR) is 83.7 cm³/mol. The predicted octanol–water partition coefficient (Wildman–Crippen LogP) is 3.18. The number of hydrogen-bond acceptors (Lipinski definition) is 4. The van der Waals surface area contributed by atoms with Gasteiger partial charge in [0, 0.05) is 10.8 Å². The molecule has 4 heteroatoms. The topological polar surface area (TPSA) is 43.5 Å². The van der Waals surface area contributed by atoms with Crippen LogP contribution in [-0.2, 0) is 9.47 Å². The maximum absolute atomic E-state index is 5.95. The SMILES string of the molecule is CC1(COc2cccc3c(OCC4(C)CO4)cccc23)CO1. The fourth-order valence-corrected chi connectivity index (χ4v) is 2.38. The van der Waals surface area contributed by atoms with Crippen LogP contribution in [0.2, 0.25) is 0 Å². The molecule has 0 saturated carbocycles. The molecular formula is C18H20O4. The molecule has 0 bridgehead atoms. The average molecular weight is 300 g/mol. The molecule has 0 amide bonds. The lowest BCUT2D eigenvalue weighted by Crippen LogP contribution is -2.17. The minimum absolute atomic E-state index is 0.117. The highest BCUT2D eigenvalue weighted by atomic mass is 16.6. The van der Waals surface area contributed by atoms with Gasteiger partial charge in [-0.15, -0.1) is 0 Å². The van der Waals surface area contributed by atoms with Gasteiger partial charge in [0.2, 0.25) is 0 Å². The van der Waals surface area contributed by atoms with Gasteiger partial charge < -0.3 is 18.9 Å². The van der Waals surface area contributed by atoms with Crippen LogP contribution in [0.4, 0.5) is 0 Å². The van der Waals surface area contributed by atoms with Crippen LogP contribution in [0.1, 0.15) is 13.8 Å². The average Bonchev–Trinajstić information content (AvgIpc) is 3.44. The minimum atomic E-state index is -0.117. The van der Waals surface area contributed by atoms with Gasteiger partial charge in [-0.05, 0) is 26.0 Å². The van der Waals surface area contributed by atoms with Crippen LogP contribution in [0, 0.1) is 0 Å². The number of benzene rings is 2. The number of epoxide rings is 2. The van der Waals surface area contributed by atoms with Crippen LogP contribution in [0.25, 0.3) is 10.8 Å². The molecule has 116 valence electrons.